The lowest BCUT2D eigenvalue weighted by Crippen LogP contribution is -2.48. The molecule has 1 rings (SSSR count). The van der Waals surface area contributed by atoms with Gasteiger partial charge in [0.2, 0.25) is 0 Å². The van der Waals surface area contributed by atoms with Gasteiger partial charge in [-0.3, -0.25) is 4.90 Å². The van der Waals surface area contributed by atoms with E-state index in [0.717, 1.165) is 0 Å². The van der Waals surface area contributed by atoms with E-state index in [1.165, 1.54) is 4.90 Å². The van der Waals surface area contributed by atoms with Crippen LogP contribution in [0.15, 0.2) is 0 Å². The molecule has 2 unspecified atom stereocenters. The van der Waals surface area contributed by atoms with Gasteiger partial charge in [-0.05, 0) is 13.5 Å². The summed E-state index contributed by atoms with van der Waals surface area (Å²) in [5, 5.41) is 9.57. The van der Waals surface area contributed by atoms with Crippen LogP contribution in [0.1, 0.15) is 12.8 Å². The average molecular weight is 227 g/mol. The van der Waals surface area contributed by atoms with Crippen molar-refractivity contribution in [2.24, 2.45) is 0 Å². The molecule has 1 saturated heterocycles. The third-order valence-electron chi connectivity index (χ3n) is 2.60. The zero-order chi connectivity index (χ0) is 11.5. The van der Waals surface area contributed by atoms with E-state index in [1.807, 2.05) is 0 Å². The molecule has 0 aromatic heterocycles. The summed E-state index contributed by atoms with van der Waals surface area (Å²) in [5.41, 5.74) is 0. The largest absolute Gasteiger partial charge is 0.391 e. The van der Waals surface area contributed by atoms with Crippen LogP contribution < -0.4 is 0 Å². The summed E-state index contributed by atoms with van der Waals surface area (Å²) < 4.78 is 41.0. The molecule has 0 aliphatic carbocycles. The number of hydrogen-bond donors (Lipinski definition) is 1. The fraction of sp³-hybridized carbons (Fsp3) is 1.00. The number of halogens is 3. The average Bonchev–Trinajstić information content (AvgIpc) is 2.14. The summed E-state index contributed by atoms with van der Waals surface area (Å²) >= 11 is 0. The van der Waals surface area contributed by atoms with E-state index in [4.69, 9.17) is 4.74 Å². The Hall–Kier alpha value is -0.330. The van der Waals surface area contributed by atoms with Crippen molar-refractivity contribution < 1.29 is 23.0 Å². The van der Waals surface area contributed by atoms with Gasteiger partial charge in [0.25, 0.3) is 0 Å². The molecule has 0 spiro atoms. The van der Waals surface area contributed by atoms with Gasteiger partial charge in [-0.2, -0.15) is 13.2 Å². The highest BCUT2D eigenvalue weighted by Gasteiger charge is 2.31. The van der Waals surface area contributed by atoms with Crippen LogP contribution in [0.2, 0.25) is 0 Å². The molecule has 6 heteroatoms. The van der Waals surface area contributed by atoms with E-state index in [1.54, 1.807) is 7.05 Å². The van der Waals surface area contributed by atoms with Crippen LogP contribution in [0.25, 0.3) is 0 Å². The molecule has 1 fully saturated rings. The van der Waals surface area contributed by atoms with Gasteiger partial charge in [0.05, 0.1) is 25.2 Å². The summed E-state index contributed by atoms with van der Waals surface area (Å²) in [6.07, 6.45) is -5.10. The molecule has 15 heavy (non-hydrogen) atoms. The predicted octanol–water partition coefficient (Wildman–Crippen LogP) is 1.02. The minimum atomic E-state index is -4.14. The first-order valence-electron chi connectivity index (χ1n) is 4.93. The molecule has 0 bridgehead atoms. The molecular formula is C9H16F3NO2. The minimum absolute atomic E-state index is 0.103. The van der Waals surface area contributed by atoms with Gasteiger partial charge in [0.15, 0.2) is 0 Å². The smallest absolute Gasteiger partial charge is 0.390 e. The van der Waals surface area contributed by atoms with Gasteiger partial charge in [-0.15, -0.1) is 0 Å². The van der Waals surface area contributed by atoms with Crippen molar-refractivity contribution >= 4 is 0 Å². The second-order valence-corrected chi connectivity index (χ2v) is 3.84. The van der Waals surface area contributed by atoms with E-state index in [0.29, 0.717) is 19.6 Å². The Bertz CT molecular complexity index is 198. The van der Waals surface area contributed by atoms with E-state index < -0.39 is 18.7 Å². The molecule has 0 aromatic carbocycles. The van der Waals surface area contributed by atoms with Gasteiger partial charge >= 0.3 is 6.18 Å². The van der Waals surface area contributed by atoms with Crippen LogP contribution in [0, 0.1) is 0 Å². The van der Waals surface area contributed by atoms with Crippen LogP contribution in [-0.4, -0.2) is 55.1 Å². The molecule has 3 nitrogen and oxygen atoms in total. The third-order valence-corrected chi connectivity index (χ3v) is 2.60. The quantitative estimate of drug-likeness (QED) is 0.781. The van der Waals surface area contributed by atoms with Crippen molar-refractivity contribution in [1.29, 1.82) is 0 Å². The molecule has 0 radical (unpaired) electrons. The van der Waals surface area contributed by atoms with Crippen molar-refractivity contribution in [3.8, 4) is 0 Å². The summed E-state index contributed by atoms with van der Waals surface area (Å²) in [6.45, 7) is 0.675. The van der Waals surface area contributed by atoms with Gasteiger partial charge in [0.1, 0.15) is 0 Å². The standard InChI is InChI=1S/C9H16F3NO2/c1-13(4-3-9(10,11)12)7-6-15-5-2-8(7)14/h7-8,14H,2-6H2,1H3. The number of aliphatic hydroxyl groups is 1. The SMILES string of the molecule is CN(CCC(F)(F)F)C1COCCC1O. The van der Waals surface area contributed by atoms with Crippen molar-refractivity contribution in [3.05, 3.63) is 0 Å². The number of hydrogen-bond acceptors (Lipinski definition) is 3. The molecule has 1 aliphatic heterocycles. The lowest BCUT2D eigenvalue weighted by atomic mass is 10.1. The highest BCUT2D eigenvalue weighted by atomic mass is 19.4. The Kier molecular flexibility index (Phi) is 4.36. The highest BCUT2D eigenvalue weighted by Crippen LogP contribution is 2.21. The third kappa shape index (κ3) is 4.36. The highest BCUT2D eigenvalue weighted by molar-refractivity contribution is 4.80. The Morgan fingerprint density at radius 1 is 1.47 bits per heavy atom. The first kappa shape index (κ1) is 12.7. The molecular weight excluding hydrogens is 211 g/mol. The maximum absolute atomic E-state index is 12.0. The normalized spacial score (nSPS) is 28.4. The van der Waals surface area contributed by atoms with Crippen LogP contribution in [0.4, 0.5) is 13.2 Å². The minimum Gasteiger partial charge on any atom is -0.391 e. The lowest BCUT2D eigenvalue weighted by Gasteiger charge is -2.35. The topological polar surface area (TPSA) is 32.7 Å². The second-order valence-electron chi connectivity index (χ2n) is 3.84. The molecule has 0 aromatic rings. The summed E-state index contributed by atoms with van der Waals surface area (Å²) in [6, 6.07) is -0.318. The van der Waals surface area contributed by atoms with Crippen LogP contribution in [0.3, 0.4) is 0 Å². The lowest BCUT2D eigenvalue weighted by molar-refractivity contribution is -0.142. The molecule has 1 heterocycles. The fourth-order valence-electron chi connectivity index (χ4n) is 1.60. The number of ether oxygens (including phenoxy) is 1. The van der Waals surface area contributed by atoms with E-state index in [-0.39, 0.29) is 12.6 Å². The Morgan fingerprint density at radius 3 is 2.67 bits per heavy atom. The molecule has 1 aliphatic rings. The van der Waals surface area contributed by atoms with Crippen molar-refractivity contribution in [1.82, 2.24) is 4.90 Å². The summed E-state index contributed by atoms with van der Waals surface area (Å²) in [5.74, 6) is 0. The van der Waals surface area contributed by atoms with E-state index in [9.17, 15) is 18.3 Å². The van der Waals surface area contributed by atoms with Crippen molar-refractivity contribution in [2.75, 3.05) is 26.8 Å². The first-order valence-corrected chi connectivity index (χ1v) is 4.93. The number of aliphatic hydroxyl groups excluding tert-OH is 1. The van der Waals surface area contributed by atoms with E-state index in [2.05, 4.69) is 0 Å². The maximum atomic E-state index is 12.0. The Balaban J connectivity index is 2.35. The Morgan fingerprint density at radius 2 is 2.13 bits per heavy atom. The van der Waals surface area contributed by atoms with Crippen LogP contribution in [0.5, 0.6) is 0 Å². The van der Waals surface area contributed by atoms with Gasteiger partial charge in [0, 0.05) is 13.2 Å². The maximum Gasteiger partial charge on any atom is 0.390 e. The molecule has 0 amide bonds. The van der Waals surface area contributed by atoms with E-state index >= 15 is 0 Å². The number of alkyl halides is 3. The predicted molar refractivity (Wildman–Crippen MR) is 48.5 cm³/mol. The van der Waals surface area contributed by atoms with Gasteiger partial charge in [-0.1, -0.05) is 0 Å². The Labute approximate surface area is 86.8 Å². The monoisotopic (exact) mass is 227 g/mol. The number of likely N-dealkylation sites (N-methyl/N-ethyl adjacent to an activating group) is 1. The number of nitrogens with zero attached hydrogens (tertiary/aromatic N) is 1. The summed E-state index contributed by atoms with van der Waals surface area (Å²) in [4.78, 5) is 1.51. The summed E-state index contributed by atoms with van der Waals surface area (Å²) in [7, 11) is 1.58. The molecule has 1 N–H and O–H groups in total. The molecule has 2 atom stereocenters. The first-order chi connectivity index (χ1) is 6.90. The zero-order valence-electron chi connectivity index (χ0n) is 8.63. The van der Waals surface area contributed by atoms with Crippen LogP contribution >= 0.6 is 0 Å². The van der Waals surface area contributed by atoms with Crippen molar-refractivity contribution in [3.63, 3.8) is 0 Å². The molecule has 0 saturated carbocycles. The molecule has 90 valence electrons. The second kappa shape index (κ2) is 5.14. The van der Waals surface area contributed by atoms with Gasteiger partial charge < -0.3 is 9.84 Å². The zero-order valence-corrected chi connectivity index (χ0v) is 8.63. The number of rotatable bonds is 3. The van der Waals surface area contributed by atoms with Crippen LogP contribution in [-0.2, 0) is 4.74 Å². The van der Waals surface area contributed by atoms with Crippen molar-refractivity contribution in [2.45, 2.75) is 31.2 Å². The van der Waals surface area contributed by atoms with Gasteiger partial charge in [-0.25, -0.2) is 0 Å². The fourth-order valence-corrected chi connectivity index (χ4v) is 1.60.